The number of amides is 2. The first-order chi connectivity index (χ1) is 10.9. The lowest BCUT2D eigenvalue weighted by Crippen LogP contribution is -2.47. The minimum atomic E-state index is -0.598. The van der Waals surface area contributed by atoms with Gasteiger partial charge in [-0.2, -0.15) is 0 Å². The van der Waals surface area contributed by atoms with Crippen LogP contribution < -0.4 is 15.8 Å². The van der Waals surface area contributed by atoms with Crippen molar-refractivity contribution in [2.75, 3.05) is 20.2 Å². The van der Waals surface area contributed by atoms with E-state index in [1.807, 2.05) is 45.0 Å². The molecule has 0 aliphatic carbocycles. The van der Waals surface area contributed by atoms with Gasteiger partial charge in [0.15, 0.2) is 0 Å². The van der Waals surface area contributed by atoms with E-state index in [-0.39, 0.29) is 36.7 Å². The predicted molar refractivity (Wildman–Crippen MR) is 97.2 cm³/mol. The second-order valence-electron chi connectivity index (χ2n) is 5.74. The Morgan fingerprint density at radius 3 is 2.29 bits per heavy atom. The van der Waals surface area contributed by atoms with Crippen LogP contribution in [0.2, 0.25) is 0 Å². The number of hydrogen-bond acceptors (Lipinski definition) is 4. The number of benzene rings is 1. The van der Waals surface area contributed by atoms with Gasteiger partial charge in [-0.1, -0.05) is 26.0 Å². The Hall–Kier alpha value is -1.79. The van der Waals surface area contributed by atoms with Gasteiger partial charge in [0.05, 0.1) is 19.7 Å². The van der Waals surface area contributed by atoms with E-state index in [1.54, 1.807) is 12.0 Å². The fraction of sp³-hybridized carbons (Fsp3) is 0.529. The first-order valence-electron chi connectivity index (χ1n) is 7.83. The number of carbonyl (C=O) groups is 2. The minimum Gasteiger partial charge on any atom is -0.497 e. The molecule has 1 atom stereocenters. The molecule has 0 saturated carbocycles. The molecule has 0 radical (unpaired) electrons. The minimum absolute atomic E-state index is 0. The maximum absolute atomic E-state index is 12.2. The Balaban J connectivity index is 0.00000529. The van der Waals surface area contributed by atoms with Crippen molar-refractivity contribution in [2.24, 2.45) is 11.7 Å². The van der Waals surface area contributed by atoms with Gasteiger partial charge in [0, 0.05) is 13.1 Å². The van der Waals surface area contributed by atoms with Crippen molar-refractivity contribution in [3.63, 3.8) is 0 Å². The Bertz CT molecular complexity index is 520. The molecule has 3 N–H and O–H groups in total. The largest absolute Gasteiger partial charge is 0.497 e. The molecule has 0 aliphatic heterocycles. The van der Waals surface area contributed by atoms with Gasteiger partial charge in [-0.15, -0.1) is 12.4 Å². The number of nitrogens with two attached hydrogens (primary N) is 1. The van der Waals surface area contributed by atoms with Crippen molar-refractivity contribution in [2.45, 2.75) is 33.4 Å². The van der Waals surface area contributed by atoms with Crippen LogP contribution in [0.4, 0.5) is 0 Å². The van der Waals surface area contributed by atoms with Crippen LogP contribution in [0.15, 0.2) is 24.3 Å². The number of carbonyl (C=O) groups excluding carboxylic acids is 2. The summed E-state index contributed by atoms with van der Waals surface area (Å²) in [5, 5.41) is 2.61. The van der Waals surface area contributed by atoms with Crippen molar-refractivity contribution in [1.29, 1.82) is 0 Å². The van der Waals surface area contributed by atoms with E-state index in [0.29, 0.717) is 13.1 Å². The maximum Gasteiger partial charge on any atom is 0.242 e. The smallest absolute Gasteiger partial charge is 0.242 e. The summed E-state index contributed by atoms with van der Waals surface area (Å²) in [5.74, 6) is 0.381. The molecule has 0 aromatic heterocycles. The normalized spacial score (nSPS) is 11.4. The molecule has 0 aliphatic rings. The number of hydrogen-bond donors (Lipinski definition) is 2. The quantitative estimate of drug-likeness (QED) is 0.739. The Labute approximate surface area is 150 Å². The van der Waals surface area contributed by atoms with E-state index >= 15 is 0 Å². The summed E-state index contributed by atoms with van der Waals surface area (Å²) in [6, 6.07) is 6.96. The number of ether oxygens (including phenoxy) is 1. The van der Waals surface area contributed by atoms with Crippen LogP contribution in [0.25, 0.3) is 0 Å². The van der Waals surface area contributed by atoms with E-state index in [0.717, 1.165) is 11.3 Å². The molecule has 1 aromatic rings. The molecular weight excluding hydrogens is 330 g/mol. The second-order valence-corrected chi connectivity index (χ2v) is 5.74. The highest BCUT2D eigenvalue weighted by Crippen LogP contribution is 2.13. The van der Waals surface area contributed by atoms with Crippen LogP contribution in [-0.4, -0.2) is 43.0 Å². The van der Waals surface area contributed by atoms with Gasteiger partial charge in [-0.25, -0.2) is 0 Å². The van der Waals surface area contributed by atoms with Crippen molar-refractivity contribution in [3.05, 3.63) is 29.8 Å². The summed E-state index contributed by atoms with van der Waals surface area (Å²) < 4.78 is 5.11. The molecule has 7 heteroatoms. The van der Waals surface area contributed by atoms with Gasteiger partial charge in [-0.3, -0.25) is 9.59 Å². The van der Waals surface area contributed by atoms with Gasteiger partial charge in [0.1, 0.15) is 5.75 Å². The number of rotatable bonds is 8. The van der Waals surface area contributed by atoms with Crippen LogP contribution in [0.1, 0.15) is 26.3 Å². The SMILES string of the molecule is CCN(Cc1ccc(OC)cc1)C(=O)CNC(=O)[C@@H](N)C(C)C.Cl. The molecule has 0 saturated heterocycles. The number of likely N-dealkylation sites (N-methyl/N-ethyl adjacent to an activating group) is 1. The molecule has 0 fully saturated rings. The summed E-state index contributed by atoms with van der Waals surface area (Å²) in [7, 11) is 1.61. The highest BCUT2D eigenvalue weighted by atomic mass is 35.5. The summed E-state index contributed by atoms with van der Waals surface area (Å²) >= 11 is 0. The van der Waals surface area contributed by atoms with Crippen molar-refractivity contribution in [3.8, 4) is 5.75 Å². The monoisotopic (exact) mass is 357 g/mol. The van der Waals surface area contributed by atoms with E-state index in [9.17, 15) is 9.59 Å². The van der Waals surface area contributed by atoms with Crippen LogP contribution in [-0.2, 0) is 16.1 Å². The summed E-state index contributed by atoms with van der Waals surface area (Å²) in [6.45, 7) is 6.66. The number of nitrogens with one attached hydrogen (secondary N) is 1. The molecule has 0 unspecified atom stereocenters. The Morgan fingerprint density at radius 2 is 1.83 bits per heavy atom. The zero-order valence-corrected chi connectivity index (χ0v) is 15.6. The average Bonchev–Trinajstić information content (AvgIpc) is 2.56. The molecule has 24 heavy (non-hydrogen) atoms. The van der Waals surface area contributed by atoms with Gasteiger partial charge in [0.25, 0.3) is 0 Å². The lowest BCUT2D eigenvalue weighted by Gasteiger charge is -2.22. The second kappa shape index (κ2) is 10.9. The Morgan fingerprint density at radius 1 is 1.25 bits per heavy atom. The van der Waals surface area contributed by atoms with Gasteiger partial charge >= 0.3 is 0 Å². The van der Waals surface area contributed by atoms with Crippen molar-refractivity contribution in [1.82, 2.24) is 10.2 Å². The topological polar surface area (TPSA) is 84.7 Å². The Kier molecular flexibility index (Phi) is 10.1. The number of methoxy groups -OCH3 is 1. The molecule has 0 heterocycles. The van der Waals surface area contributed by atoms with Gasteiger partial charge in [0.2, 0.25) is 11.8 Å². The van der Waals surface area contributed by atoms with Gasteiger partial charge in [-0.05, 0) is 30.5 Å². The first-order valence-corrected chi connectivity index (χ1v) is 7.83. The van der Waals surface area contributed by atoms with Crippen LogP contribution in [0, 0.1) is 5.92 Å². The first kappa shape index (κ1) is 22.2. The summed E-state index contributed by atoms with van der Waals surface area (Å²) in [6.07, 6.45) is 0. The highest BCUT2D eigenvalue weighted by molar-refractivity contribution is 5.87. The van der Waals surface area contributed by atoms with E-state index < -0.39 is 6.04 Å². The highest BCUT2D eigenvalue weighted by Gasteiger charge is 2.19. The lowest BCUT2D eigenvalue weighted by atomic mass is 10.1. The standard InChI is InChI=1S/C17H27N3O3.ClH/c1-5-20(11-13-6-8-14(23-4)9-7-13)15(21)10-19-17(22)16(18)12(2)3;/h6-9,12,16H,5,10-11,18H2,1-4H3,(H,19,22);1H/t16-;/m0./s1. The third-order valence-electron chi connectivity index (χ3n) is 3.70. The lowest BCUT2D eigenvalue weighted by molar-refractivity contribution is -0.133. The van der Waals surface area contributed by atoms with E-state index in [1.165, 1.54) is 0 Å². The molecule has 1 aromatic carbocycles. The van der Waals surface area contributed by atoms with Crippen LogP contribution in [0.3, 0.4) is 0 Å². The number of nitrogens with zero attached hydrogens (tertiary/aromatic N) is 1. The summed E-state index contributed by atoms with van der Waals surface area (Å²) in [5.41, 5.74) is 6.76. The molecule has 2 amide bonds. The fourth-order valence-electron chi connectivity index (χ4n) is 2.02. The molecular formula is C17H28ClN3O3. The fourth-order valence-corrected chi connectivity index (χ4v) is 2.02. The molecule has 136 valence electrons. The average molecular weight is 358 g/mol. The van der Waals surface area contributed by atoms with E-state index in [4.69, 9.17) is 10.5 Å². The maximum atomic E-state index is 12.2. The number of halogens is 1. The molecule has 1 rings (SSSR count). The van der Waals surface area contributed by atoms with Crippen molar-refractivity contribution < 1.29 is 14.3 Å². The van der Waals surface area contributed by atoms with E-state index in [2.05, 4.69) is 5.32 Å². The van der Waals surface area contributed by atoms with Gasteiger partial charge < -0.3 is 20.7 Å². The zero-order chi connectivity index (χ0) is 17.4. The molecule has 0 spiro atoms. The van der Waals surface area contributed by atoms with Crippen molar-refractivity contribution >= 4 is 24.2 Å². The van der Waals surface area contributed by atoms with Crippen LogP contribution in [0.5, 0.6) is 5.75 Å². The predicted octanol–water partition coefficient (Wildman–Crippen LogP) is 1.56. The molecule has 6 nitrogen and oxygen atoms in total. The zero-order valence-electron chi connectivity index (χ0n) is 14.7. The third-order valence-corrected chi connectivity index (χ3v) is 3.70. The summed E-state index contributed by atoms with van der Waals surface area (Å²) in [4.78, 5) is 25.7. The third kappa shape index (κ3) is 6.76. The van der Waals surface area contributed by atoms with Crippen LogP contribution >= 0.6 is 12.4 Å². The molecule has 0 bridgehead atoms.